The number of hydrogen-bond donors (Lipinski definition) is 0. The van der Waals surface area contributed by atoms with Crippen molar-refractivity contribution in [1.82, 2.24) is 9.80 Å². The monoisotopic (exact) mass is 312 g/mol. The lowest BCUT2D eigenvalue weighted by Crippen LogP contribution is -2.50. The summed E-state index contributed by atoms with van der Waals surface area (Å²) in [4.78, 5) is 5.27. The van der Waals surface area contributed by atoms with Gasteiger partial charge < -0.3 is 9.47 Å². The predicted octanol–water partition coefficient (Wildman–Crippen LogP) is 2.77. The highest BCUT2D eigenvalue weighted by atomic mass is 16.5. The Balaban J connectivity index is 1.71. The lowest BCUT2D eigenvalue weighted by Gasteiger charge is -2.38. The molecular weight excluding hydrogens is 276 g/mol. The second-order valence-corrected chi connectivity index (χ2v) is 6.77. The van der Waals surface area contributed by atoms with Crippen LogP contribution in [0.4, 0.5) is 0 Å². The first-order valence-electron chi connectivity index (χ1n) is 9.52. The molecule has 4 nitrogen and oxygen atoms in total. The molecule has 2 rings (SSSR count). The van der Waals surface area contributed by atoms with Crippen LogP contribution >= 0.6 is 0 Å². The van der Waals surface area contributed by atoms with E-state index in [-0.39, 0.29) is 0 Å². The minimum Gasteiger partial charge on any atom is -0.379 e. The summed E-state index contributed by atoms with van der Waals surface area (Å²) >= 11 is 0. The molecule has 0 saturated carbocycles. The van der Waals surface area contributed by atoms with Gasteiger partial charge in [0.05, 0.1) is 26.4 Å². The molecule has 2 saturated heterocycles. The maximum absolute atomic E-state index is 5.53. The minimum absolute atomic E-state index is 0.716. The van der Waals surface area contributed by atoms with Crippen molar-refractivity contribution in [2.24, 2.45) is 0 Å². The lowest BCUT2D eigenvalue weighted by atomic mass is 10.0. The molecule has 0 aromatic rings. The summed E-state index contributed by atoms with van der Waals surface area (Å²) in [7, 11) is 0. The molecule has 2 aliphatic heterocycles. The van der Waals surface area contributed by atoms with Crippen molar-refractivity contribution < 1.29 is 9.47 Å². The Kier molecular flexibility index (Phi) is 9.41. The third-order valence-corrected chi connectivity index (χ3v) is 5.03. The number of hydrogen-bond acceptors (Lipinski definition) is 4. The summed E-state index contributed by atoms with van der Waals surface area (Å²) in [6.07, 6.45) is 9.72. The topological polar surface area (TPSA) is 24.9 Å². The highest BCUT2D eigenvalue weighted by molar-refractivity contribution is 4.78. The van der Waals surface area contributed by atoms with E-state index >= 15 is 0 Å². The molecule has 2 fully saturated rings. The van der Waals surface area contributed by atoms with Gasteiger partial charge >= 0.3 is 0 Å². The molecular formula is C18H36N2O2. The Labute approximate surface area is 137 Å². The van der Waals surface area contributed by atoms with Gasteiger partial charge in [0.15, 0.2) is 0 Å². The second-order valence-electron chi connectivity index (χ2n) is 6.77. The SMILES string of the molecule is CCCCCCCC[C@@H](CN1CCOCC1)N1CCOCC1. The van der Waals surface area contributed by atoms with Crippen LogP contribution in [0.25, 0.3) is 0 Å². The fraction of sp³-hybridized carbons (Fsp3) is 1.00. The van der Waals surface area contributed by atoms with Crippen LogP contribution in [-0.4, -0.2) is 75.0 Å². The third-order valence-electron chi connectivity index (χ3n) is 5.03. The van der Waals surface area contributed by atoms with Gasteiger partial charge in [0.25, 0.3) is 0 Å². The summed E-state index contributed by atoms with van der Waals surface area (Å²) in [5, 5.41) is 0. The van der Waals surface area contributed by atoms with E-state index in [1.807, 2.05) is 0 Å². The Morgan fingerprint density at radius 2 is 1.36 bits per heavy atom. The second kappa shape index (κ2) is 11.4. The number of morpholine rings is 2. The van der Waals surface area contributed by atoms with Crippen LogP contribution in [0.5, 0.6) is 0 Å². The maximum atomic E-state index is 5.53. The molecule has 0 aliphatic carbocycles. The number of rotatable bonds is 10. The molecule has 2 heterocycles. The van der Waals surface area contributed by atoms with Crippen molar-refractivity contribution in [3.63, 3.8) is 0 Å². The normalized spacial score (nSPS) is 22.8. The van der Waals surface area contributed by atoms with Crippen molar-refractivity contribution in [3.8, 4) is 0 Å². The molecule has 0 aromatic heterocycles. The molecule has 0 radical (unpaired) electrons. The number of nitrogens with zero attached hydrogens (tertiary/aromatic N) is 2. The van der Waals surface area contributed by atoms with Crippen LogP contribution in [0.2, 0.25) is 0 Å². The van der Waals surface area contributed by atoms with Crippen LogP contribution in [0.3, 0.4) is 0 Å². The summed E-state index contributed by atoms with van der Waals surface area (Å²) in [6.45, 7) is 11.6. The lowest BCUT2D eigenvalue weighted by molar-refractivity contribution is -0.0114. The van der Waals surface area contributed by atoms with Crippen LogP contribution < -0.4 is 0 Å². The third kappa shape index (κ3) is 6.95. The Morgan fingerprint density at radius 3 is 2.05 bits per heavy atom. The zero-order chi connectivity index (χ0) is 15.5. The van der Waals surface area contributed by atoms with Gasteiger partial charge in [-0.25, -0.2) is 0 Å². The zero-order valence-electron chi connectivity index (χ0n) is 14.6. The maximum Gasteiger partial charge on any atom is 0.0594 e. The highest BCUT2D eigenvalue weighted by Gasteiger charge is 2.23. The van der Waals surface area contributed by atoms with Crippen molar-refractivity contribution in [2.75, 3.05) is 59.2 Å². The van der Waals surface area contributed by atoms with Gasteiger partial charge in [-0.1, -0.05) is 45.4 Å². The number of unbranched alkanes of at least 4 members (excludes halogenated alkanes) is 5. The summed E-state index contributed by atoms with van der Waals surface area (Å²) in [6, 6.07) is 0.716. The highest BCUT2D eigenvalue weighted by Crippen LogP contribution is 2.16. The van der Waals surface area contributed by atoms with E-state index < -0.39 is 0 Å². The first-order chi connectivity index (χ1) is 10.9. The van der Waals surface area contributed by atoms with E-state index in [0.717, 1.165) is 52.6 Å². The quantitative estimate of drug-likeness (QED) is 0.579. The van der Waals surface area contributed by atoms with Crippen molar-refractivity contribution in [1.29, 1.82) is 0 Å². The van der Waals surface area contributed by atoms with Gasteiger partial charge in [-0.05, 0) is 6.42 Å². The predicted molar refractivity (Wildman–Crippen MR) is 91.4 cm³/mol. The van der Waals surface area contributed by atoms with Crippen molar-refractivity contribution in [3.05, 3.63) is 0 Å². The van der Waals surface area contributed by atoms with Gasteiger partial charge in [-0.15, -0.1) is 0 Å². The van der Waals surface area contributed by atoms with Gasteiger partial charge in [-0.2, -0.15) is 0 Å². The van der Waals surface area contributed by atoms with E-state index in [9.17, 15) is 0 Å². The van der Waals surface area contributed by atoms with Crippen LogP contribution in [0, 0.1) is 0 Å². The van der Waals surface area contributed by atoms with Crippen LogP contribution in [0.15, 0.2) is 0 Å². The molecule has 2 aliphatic rings. The first kappa shape index (κ1) is 18.2. The molecule has 0 unspecified atom stereocenters. The molecule has 0 amide bonds. The summed E-state index contributed by atoms with van der Waals surface area (Å²) in [5.41, 5.74) is 0. The zero-order valence-corrected chi connectivity index (χ0v) is 14.6. The average molecular weight is 312 g/mol. The summed E-state index contributed by atoms with van der Waals surface area (Å²) in [5.74, 6) is 0. The van der Waals surface area contributed by atoms with Crippen LogP contribution in [-0.2, 0) is 9.47 Å². The van der Waals surface area contributed by atoms with Crippen molar-refractivity contribution >= 4 is 0 Å². The Hall–Kier alpha value is -0.160. The molecule has 0 N–H and O–H groups in total. The molecule has 0 aromatic carbocycles. The molecule has 22 heavy (non-hydrogen) atoms. The van der Waals surface area contributed by atoms with E-state index in [0.29, 0.717) is 6.04 Å². The molecule has 1 atom stereocenters. The van der Waals surface area contributed by atoms with Crippen LogP contribution in [0.1, 0.15) is 51.9 Å². The van der Waals surface area contributed by atoms with Gasteiger partial charge in [0.1, 0.15) is 0 Å². The minimum atomic E-state index is 0.716. The van der Waals surface area contributed by atoms with Gasteiger partial charge in [0.2, 0.25) is 0 Å². The van der Waals surface area contributed by atoms with E-state index in [1.54, 1.807) is 0 Å². The van der Waals surface area contributed by atoms with Gasteiger partial charge in [0, 0.05) is 38.8 Å². The van der Waals surface area contributed by atoms with E-state index in [2.05, 4.69) is 16.7 Å². The molecule has 0 spiro atoms. The van der Waals surface area contributed by atoms with E-state index in [4.69, 9.17) is 9.47 Å². The molecule has 130 valence electrons. The van der Waals surface area contributed by atoms with Gasteiger partial charge in [-0.3, -0.25) is 9.80 Å². The summed E-state index contributed by atoms with van der Waals surface area (Å²) < 4.78 is 11.0. The van der Waals surface area contributed by atoms with E-state index in [1.165, 1.54) is 51.5 Å². The largest absolute Gasteiger partial charge is 0.379 e. The van der Waals surface area contributed by atoms with Crippen molar-refractivity contribution in [2.45, 2.75) is 57.9 Å². The number of ether oxygens (including phenoxy) is 2. The molecule has 4 heteroatoms. The average Bonchev–Trinajstić information content (AvgIpc) is 2.58. The fourth-order valence-electron chi connectivity index (χ4n) is 3.57. The fourth-order valence-corrected chi connectivity index (χ4v) is 3.57. The molecule has 0 bridgehead atoms. The first-order valence-corrected chi connectivity index (χ1v) is 9.52. The smallest absolute Gasteiger partial charge is 0.0594 e. The standard InChI is InChI=1S/C18H36N2O2/c1-2-3-4-5-6-7-8-18(20-11-15-22-16-12-20)17-19-9-13-21-14-10-19/h18H,2-17H2,1H3/t18-/m0/s1. The Morgan fingerprint density at radius 1 is 0.773 bits per heavy atom. The Bertz CT molecular complexity index is 264.